The van der Waals surface area contributed by atoms with Crippen molar-refractivity contribution in [3.8, 4) is 11.4 Å². The molecule has 0 saturated carbocycles. The summed E-state index contributed by atoms with van der Waals surface area (Å²) in [4.78, 5) is 0. The van der Waals surface area contributed by atoms with Crippen molar-refractivity contribution in [2.45, 2.75) is 19.8 Å². The number of benzene rings is 2. The lowest BCUT2D eigenvalue weighted by Crippen LogP contribution is -2.03. The Labute approximate surface area is 131 Å². The molecule has 0 aliphatic carbocycles. The van der Waals surface area contributed by atoms with Crippen LogP contribution in [0.15, 0.2) is 60.7 Å². The highest BCUT2D eigenvalue weighted by molar-refractivity contribution is 5.38. The molecule has 0 aliphatic rings. The van der Waals surface area contributed by atoms with Crippen LogP contribution in [0.25, 0.3) is 5.69 Å². The highest BCUT2D eigenvalue weighted by Crippen LogP contribution is 2.18. The summed E-state index contributed by atoms with van der Waals surface area (Å²) in [6.07, 6.45) is 1.99. The summed E-state index contributed by atoms with van der Waals surface area (Å²) in [5, 5.41) is 4.62. The zero-order chi connectivity index (χ0) is 15.4. The zero-order valence-electron chi connectivity index (χ0n) is 13.0. The SMILES string of the molecule is COc1ccc(-n2nc(C)cc2CCc2ccccc2)cc1. The van der Waals surface area contributed by atoms with Crippen molar-refractivity contribution in [3.63, 3.8) is 0 Å². The van der Waals surface area contributed by atoms with E-state index in [9.17, 15) is 0 Å². The standard InChI is InChI=1S/C19H20N2O/c1-15-14-18(9-8-16-6-4-3-5-7-16)21(20-15)17-10-12-19(22-2)13-11-17/h3-7,10-14H,8-9H2,1-2H3. The number of aromatic nitrogens is 2. The Balaban J connectivity index is 1.82. The number of rotatable bonds is 5. The summed E-state index contributed by atoms with van der Waals surface area (Å²) < 4.78 is 7.24. The Hall–Kier alpha value is -2.55. The predicted molar refractivity (Wildman–Crippen MR) is 88.7 cm³/mol. The fourth-order valence-corrected chi connectivity index (χ4v) is 2.60. The molecule has 0 amide bonds. The molecule has 3 nitrogen and oxygen atoms in total. The molecule has 0 radical (unpaired) electrons. The van der Waals surface area contributed by atoms with Crippen LogP contribution in [-0.2, 0) is 12.8 Å². The highest BCUT2D eigenvalue weighted by Gasteiger charge is 2.08. The quantitative estimate of drug-likeness (QED) is 0.711. The second-order valence-electron chi connectivity index (χ2n) is 5.37. The third-order valence-electron chi connectivity index (χ3n) is 3.73. The predicted octanol–water partition coefficient (Wildman–Crippen LogP) is 3.97. The van der Waals surface area contributed by atoms with Crippen LogP contribution in [0, 0.1) is 6.92 Å². The summed E-state index contributed by atoms with van der Waals surface area (Å²) in [7, 11) is 1.68. The number of ether oxygens (including phenoxy) is 1. The van der Waals surface area contributed by atoms with Crippen LogP contribution in [0.1, 0.15) is 17.0 Å². The molecule has 0 saturated heterocycles. The van der Waals surface area contributed by atoms with Crippen LogP contribution in [-0.4, -0.2) is 16.9 Å². The number of hydrogen-bond donors (Lipinski definition) is 0. The van der Waals surface area contributed by atoms with Gasteiger partial charge in [-0.05, 0) is 55.7 Å². The van der Waals surface area contributed by atoms with Gasteiger partial charge in [0.1, 0.15) is 5.75 Å². The number of hydrogen-bond acceptors (Lipinski definition) is 2. The molecule has 0 N–H and O–H groups in total. The van der Waals surface area contributed by atoms with Crippen LogP contribution in [0.2, 0.25) is 0 Å². The van der Waals surface area contributed by atoms with Crippen LogP contribution < -0.4 is 4.74 Å². The first-order valence-corrected chi connectivity index (χ1v) is 7.50. The zero-order valence-corrected chi connectivity index (χ0v) is 13.0. The second kappa shape index (κ2) is 6.48. The fraction of sp³-hybridized carbons (Fsp3) is 0.211. The third-order valence-corrected chi connectivity index (χ3v) is 3.73. The van der Waals surface area contributed by atoms with E-state index in [2.05, 4.69) is 41.5 Å². The Morgan fingerprint density at radius 3 is 2.36 bits per heavy atom. The van der Waals surface area contributed by atoms with Crippen molar-refractivity contribution < 1.29 is 4.74 Å². The average molecular weight is 292 g/mol. The normalized spacial score (nSPS) is 10.6. The van der Waals surface area contributed by atoms with Crippen molar-refractivity contribution in [2.24, 2.45) is 0 Å². The summed E-state index contributed by atoms with van der Waals surface area (Å²) in [5.74, 6) is 0.860. The topological polar surface area (TPSA) is 27.1 Å². The first kappa shape index (κ1) is 14.4. The maximum absolute atomic E-state index is 5.22. The fourth-order valence-electron chi connectivity index (χ4n) is 2.60. The summed E-state index contributed by atoms with van der Waals surface area (Å²) >= 11 is 0. The molecular formula is C19H20N2O. The Morgan fingerprint density at radius 2 is 1.68 bits per heavy atom. The van der Waals surface area contributed by atoms with E-state index in [0.717, 1.165) is 30.0 Å². The minimum absolute atomic E-state index is 0.860. The minimum atomic E-state index is 0.860. The van der Waals surface area contributed by atoms with Gasteiger partial charge in [-0.1, -0.05) is 30.3 Å². The maximum atomic E-state index is 5.22. The lowest BCUT2D eigenvalue weighted by molar-refractivity contribution is 0.414. The van der Waals surface area contributed by atoms with Crippen LogP contribution in [0.3, 0.4) is 0 Å². The molecule has 0 bridgehead atoms. The molecule has 3 heteroatoms. The van der Waals surface area contributed by atoms with Gasteiger partial charge in [0.05, 0.1) is 18.5 Å². The van der Waals surface area contributed by atoms with Crippen molar-refractivity contribution in [3.05, 3.63) is 77.6 Å². The Bertz CT molecular complexity index is 730. The molecule has 0 aliphatic heterocycles. The molecule has 1 heterocycles. The average Bonchev–Trinajstić information content (AvgIpc) is 2.95. The number of aryl methyl sites for hydroxylation is 3. The largest absolute Gasteiger partial charge is 0.497 e. The number of methoxy groups -OCH3 is 1. The lowest BCUT2D eigenvalue weighted by atomic mass is 10.1. The van der Waals surface area contributed by atoms with E-state index in [1.807, 2.05) is 35.9 Å². The van der Waals surface area contributed by atoms with Crippen LogP contribution in [0.5, 0.6) is 5.75 Å². The Morgan fingerprint density at radius 1 is 0.955 bits per heavy atom. The molecule has 0 atom stereocenters. The first-order chi connectivity index (χ1) is 10.8. The van der Waals surface area contributed by atoms with E-state index in [1.165, 1.54) is 11.3 Å². The van der Waals surface area contributed by atoms with E-state index in [-0.39, 0.29) is 0 Å². The molecule has 3 rings (SSSR count). The molecular weight excluding hydrogens is 272 g/mol. The van der Waals surface area contributed by atoms with Gasteiger partial charge in [0.25, 0.3) is 0 Å². The third kappa shape index (κ3) is 3.19. The molecule has 2 aromatic carbocycles. The summed E-state index contributed by atoms with van der Waals surface area (Å²) in [6.45, 7) is 2.03. The van der Waals surface area contributed by atoms with Gasteiger partial charge < -0.3 is 4.74 Å². The van der Waals surface area contributed by atoms with Gasteiger partial charge in [0.15, 0.2) is 0 Å². The minimum Gasteiger partial charge on any atom is -0.497 e. The first-order valence-electron chi connectivity index (χ1n) is 7.50. The van der Waals surface area contributed by atoms with E-state index in [0.29, 0.717) is 0 Å². The van der Waals surface area contributed by atoms with E-state index in [1.54, 1.807) is 7.11 Å². The lowest BCUT2D eigenvalue weighted by Gasteiger charge is -2.08. The van der Waals surface area contributed by atoms with E-state index in [4.69, 9.17) is 4.74 Å². The molecule has 0 fully saturated rings. The van der Waals surface area contributed by atoms with Crippen molar-refractivity contribution >= 4 is 0 Å². The second-order valence-corrected chi connectivity index (χ2v) is 5.37. The van der Waals surface area contributed by atoms with Gasteiger partial charge in [0.2, 0.25) is 0 Å². The summed E-state index contributed by atoms with van der Waals surface area (Å²) in [6, 6.07) is 20.7. The monoisotopic (exact) mass is 292 g/mol. The van der Waals surface area contributed by atoms with E-state index < -0.39 is 0 Å². The molecule has 112 valence electrons. The van der Waals surface area contributed by atoms with Gasteiger partial charge in [0, 0.05) is 5.69 Å². The van der Waals surface area contributed by atoms with Gasteiger partial charge in [-0.2, -0.15) is 5.10 Å². The molecule has 3 aromatic rings. The maximum Gasteiger partial charge on any atom is 0.119 e. The van der Waals surface area contributed by atoms with Gasteiger partial charge >= 0.3 is 0 Å². The molecule has 22 heavy (non-hydrogen) atoms. The highest BCUT2D eigenvalue weighted by atomic mass is 16.5. The number of nitrogens with zero attached hydrogens (tertiary/aromatic N) is 2. The van der Waals surface area contributed by atoms with E-state index >= 15 is 0 Å². The molecule has 0 unspecified atom stereocenters. The van der Waals surface area contributed by atoms with Crippen molar-refractivity contribution in [1.29, 1.82) is 0 Å². The van der Waals surface area contributed by atoms with Gasteiger partial charge in [-0.15, -0.1) is 0 Å². The molecule has 0 spiro atoms. The summed E-state index contributed by atoms with van der Waals surface area (Å²) in [5.41, 5.74) is 4.69. The van der Waals surface area contributed by atoms with Crippen molar-refractivity contribution in [2.75, 3.05) is 7.11 Å². The van der Waals surface area contributed by atoms with Gasteiger partial charge in [-0.3, -0.25) is 0 Å². The molecule has 1 aromatic heterocycles. The van der Waals surface area contributed by atoms with Crippen LogP contribution in [0.4, 0.5) is 0 Å². The Kier molecular flexibility index (Phi) is 4.24. The smallest absolute Gasteiger partial charge is 0.119 e. The van der Waals surface area contributed by atoms with Crippen LogP contribution >= 0.6 is 0 Å². The van der Waals surface area contributed by atoms with Crippen molar-refractivity contribution in [1.82, 2.24) is 9.78 Å². The van der Waals surface area contributed by atoms with Gasteiger partial charge in [-0.25, -0.2) is 4.68 Å².